The molecular weight excluding hydrogens is 252 g/mol. The number of carbonyl (C=O) groups excluding carboxylic acids is 1. The van der Waals surface area contributed by atoms with Crippen molar-refractivity contribution in [3.05, 3.63) is 0 Å². The quantitative estimate of drug-likeness (QED) is 0.803. The summed E-state index contributed by atoms with van der Waals surface area (Å²) < 4.78 is 5.19. The van der Waals surface area contributed by atoms with Gasteiger partial charge in [0.1, 0.15) is 5.60 Å². The molecule has 0 spiro atoms. The van der Waals surface area contributed by atoms with Crippen LogP contribution in [0.1, 0.15) is 40.0 Å². The van der Waals surface area contributed by atoms with Crippen molar-refractivity contribution in [3.8, 4) is 0 Å². The van der Waals surface area contributed by atoms with Crippen LogP contribution in [0.2, 0.25) is 0 Å². The van der Waals surface area contributed by atoms with Crippen molar-refractivity contribution in [1.29, 1.82) is 0 Å². The zero-order valence-electron chi connectivity index (χ0n) is 11.7. The second-order valence-corrected chi connectivity index (χ2v) is 6.08. The molecule has 1 N–H and O–H groups in total. The summed E-state index contributed by atoms with van der Waals surface area (Å²) >= 11 is 5.95. The number of rotatable bonds is 4. The van der Waals surface area contributed by atoms with Crippen LogP contribution in [0.4, 0.5) is 4.79 Å². The van der Waals surface area contributed by atoms with Crippen molar-refractivity contribution >= 4 is 17.7 Å². The number of alkyl carbamates (subject to hydrolysis) is 1. The summed E-state index contributed by atoms with van der Waals surface area (Å²) in [6.07, 6.45) is 3.30. The van der Waals surface area contributed by atoms with Crippen LogP contribution in [0, 0.1) is 0 Å². The van der Waals surface area contributed by atoms with Crippen LogP contribution >= 0.6 is 11.6 Å². The summed E-state index contributed by atoms with van der Waals surface area (Å²) in [6, 6.07) is 0.459. The summed E-state index contributed by atoms with van der Waals surface area (Å²) in [7, 11) is 0. The molecule has 4 nitrogen and oxygen atoms in total. The number of alkyl halides is 1. The first-order valence-corrected chi connectivity index (χ1v) is 7.22. The maximum Gasteiger partial charge on any atom is 0.407 e. The van der Waals surface area contributed by atoms with Gasteiger partial charge < -0.3 is 10.1 Å². The standard InChI is InChI=1S/C13H25ClN2O2/c1-13(2,3)18-12(17)15-7-9-16-8-5-4-6-11(16)10-14/h11H,4-10H2,1-3H3,(H,15,17). The van der Waals surface area contributed by atoms with Crippen molar-refractivity contribution < 1.29 is 9.53 Å². The molecule has 0 aromatic rings. The van der Waals surface area contributed by atoms with Gasteiger partial charge in [-0.25, -0.2) is 4.79 Å². The van der Waals surface area contributed by atoms with E-state index in [0.717, 1.165) is 19.5 Å². The molecule has 0 saturated carbocycles. The lowest BCUT2D eigenvalue weighted by Crippen LogP contribution is -2.45. The molecular formula is C13H25ClN2O2. The zero-order valence-corrected chi connectivity index (χ0v) is 12.4. The van der Waals surface area contributed by atoms with E-state index in [-0.39, 0.29) is 6.09 Å². The number of piperidine rings is 1. The molecule has 0 bridgehead atoms. The van der Waals surface area contributed by atoms with Crippen LogP contribution in [0.25, 0.3) is 0 Å². The second kappa shape index (κ2) is 7.19. The average Bonchev–Trinajstić information content (AvgIpc) is 2.27. The maximum atomic E-state index is 11.5. The number of amides is 1. The van der Waals surface area contributed by atoms with Gasteiger partial charge in [0.05, 0.1) is 0 Å². The number of hydrogen-bond donors (Lipinski definition) is 1. The van der Waals surface area contributed by atoms with E-state index in [4.69, 9.17) is 16.3 Å². The zero-order chi connectivity index (χ0) is 13.6. The lowest BCUT2D eigenvalue weighted by Gasteiger charge is -2.34. The maximum absolute atomic E-state index is 11.5. The summed E-state index contributed by atoms with van der Waals surface area (Å²) in [5.41, 5.74) is -0.437. The third-order valence-electron chi connectivity index (χ3n) is 2.99. The van der Waals surface area contributed by atoms with Gasteiger partial charge in [-0.3, -0.25) is 4.90 Å². The highest BCUT2D eigenvalue weighted by molar-refractivity contribution is 6.18. The molecule has 1 aliphatic rings. The lowest BCUT2D eigenvalue weighted by molar-refractivity contribution is 0.0515. The molecule has 1 atom stereocenters. The Morgan fingerprint density at radius 2 is 2.17 bits per heavy atom. The molecule has 1 saturated heterocycles. The number of hydrogen-bond acceptors (Lipinski definition) is 3. The van der Waals surface area contributed by atoms with E-state index < -0.39 is 5.60 Å². The van der Waals surface area contributed by atoms with Crippen LogP contribution in [-0.4, -0.2) is 48.2 Å². The average molecular weight is 277 g/mol. The Balaban J connectivity index is 2.22. The summed E-state index contributed by atoms with van der Waals surface area (Å²) in [5, 5.41) is 2.79. The van der Waals surface area contributed by atoms with E-state index in [1.54, 1.807) is 0 Å². The second-order valence-electron chi connectivity index (χ2n) is 5.77. The molecule has 1 unspecified atom stereocenters. The minimum atomic E-state index is -0.437. The topological polar surface area (TPSA) is 41.6 Å². The number of nitrogens with zero attached hydrogens (tertiary/aromatic N) is 1. The predicted molar refractivity (Wildman–Crippen MR) is 74.2 cm³/mol. The minimum Gasteiger partial charge on any atom is -0.444 e. The van der Waals surface area contributed by atoms with E-state index in [1.165, 1.54) is 12.8 Å². The smallest absolute Gasteiger partial charge is 0.407 e. The highest BCUT2D eigenvalue weighted by atomic mass is 35.5. The molecule has 1 aliphatic heterocycles. The Labute approximate surface area is 115 Å². The van der Waals surface area contributed by atoms with Crippen molar-refractivity contribution in [1.82, 2.24) is 10.2 Å². The van der Waals surface area contributed by atoms with Gasteiger partial charge >= 0.3 is 6.09 Å². The molecule has 1 rings (SSSR count). The Morgan fingerprint density at radius 1 is 1.44 bits per heavy atom. The van der Waals surface area contributed by atoms with Crippen LogP contribution in [0.5, 0.6) is 0 Å². The Kier molecular flexibility index (Phi) is 6.22. The molecule has 106 valence electrons. The number of likely N-dealkylation sites (tertiary alicyclic amines) is 1. The van der Waals surface area contributed by atoms with Crippen LogP contribution < -0.4 is 5.32 Å². The molecule has 1 amide bonds. The first-order valence-electron chi connectivity index (χ1n) is 6.69. The van der Waals surface area contributed by atoms with E-state index >= 15 is 0 Å². The fourth-order valence-electron chi connectivity index (χ4n) is 2.14. The molecule has 0 radical (unpaired) electrons. The highest BCUT2D eigenvalue weighted by Crippen LogP contribution is 2.17. The van der Waals surface area contributed by atoms with Crippen molar-refractivity contribution in [3.63, 3.8) is 0 Å². The number of nitrogens with one attached hydrogen (secondary N) is 1. The van der Waals surface area contributed by atoms with Gasteiger partial charge in [-0.15, -0.1) is 11.6 Å². The molecule has 1 heterocycles. The first-order chi connectivity index (χ1) is 8.42. The van der Waals surface area contributed by atoms with E-state index in [2.05, 4.69) is 10.2 Å². The predicted octanol–water partition coefficient (Wildman–Crippen LogP) is 2.60. The summed E-state index contributed by atoms with van der Waals surface area (Å²) in [5.74, 6) is 0.673. The van der Waals surface area contributed by atoms with Gasteiger partial charge in [-0.2, -0.15) is 0 Å². The fourth-order valence-corrected chi connectivity index (χ4v) is 2.49. The Bertz CT molecular complexity index is 266. The minimum absolute atomic E-state index is 0.345. The third kappa shape index (κ3) is 5.91. The molecule has 1 fully saturated rings. The number of ether oxygens (including phenoxy) is 1. The van der Waals surface area contributed by atoms with Crippen molar-refractivity contribution in [2.75, 3.05) is 25.5 Å². The van der Waals surface area contributed by atoms with Gasteiger partial charge in [0.2, 0.25) is 0 Å². The molecule has 5 heteroatoms. The van der Waals surface area contributed by atoms with Crippen LogP contribution in [-0.2, 0) is 4.74 Å². The fraction of sp³-hybridized carbons (Fsp3) is 0.923. The van der Waals surface area contributed by atoms with Gasteiger partial charge in [-0.05, 0) is 40.2 Å². The first kappa shape index (κ1) is 15.6. The van der Waals surface area contributed by atoms with E-state index in [9.17, 15) is 4.79 Å². The molecule has 18 heavy (non-hydrogen) atoms. The lowest BCUT2D eigenvalue weighted by atomic mass is 10.0. The van der Waals surface area contributed by atoms with Gasteiger partial charge in [0, 0.05) is 25.0 Å². The Hall–Kier alpha value is -0.480. The Morgan fingerprint density at radius 3 is 2.78 bits per heavy atom. The van der Waals surface area contributed by atoms with Crippen molar-refractivity contribution in [2.45, 2.75) is 51.7 Å². The highest BCUT2D eigenvalue weighted by Gasteiger charge is 2.21. The van der Waals surface area contributed by atoms with Gasteiger partial charge in [-0.1, -0.05) is 6.42 Å². The monoisotopic (exact) mass is 276 g/mol. The number of carbonyl (C=O) groups is 1. The molecule has 0 aliphatic carbocycles. The number of halogens is 1. The van der Waals surface area contributed by atoms with Gasteiger partial charge in [0.25, 0.3) is 0 Å². The van der Waals surface area contributed by atoms with Crippen LogP contribution in [0.15, 0.2) is 0 Å². The molecule has 0 aromatic heterocycles. The normalized spacial score (nSPS) is 21.7. The third-order valence-corrected chi connectivity index (χ3v) is 3.35. The van der Waals surface area contributed by atoms with Crippen LogP contribution in [0.3, 0.4) is 0 Å². The van der Waals surface area contributed by atoms with E-state index in [0.29, 0.717) is 18.5 Å². The summed E-state index contributed by atoms with van der Waals surface area (Å²) in [4.78, 5) is 13.8. The van der Waals surface area contributed by atoms with Gasteiger partial charge in [0.15, 0.2) is 0 Å². The largest absolute Gasteiger partial charge is 0.444 e. The van der Waals surface area contributed by atoms with Crippen molar-refractivity contribution in [2.24, 2.45) is 0 Å². The van der Waals surface area contributed by atoms with E-state index in [1.807, 2.05) is 20.8 Å². The molecule has 0 aromatic carbocycles. The summed E-state index contributed by atoms with van der Waals surface area (Å²) in [6.45, 7) is 8.12. The SMILES string of the molecule is CC(C)(C)OC(=O)NCCN1CCCCC1CCl.